The molecular formula is C42H54N6O4. The van der Waals surface area contributed by atoms with Crippen molar-refractivity contribution < 1.29 is 19.4 Å². The number of aromatic nitrogens is 4. The second-order valence-electron chi connectivity index (χ2n) is 17.8. The van der Waals surface area contributed by atoms with Crippen molar-refractivity contribution in [2.24, 2.45) is 16.2 Å². The zero-order chi connectivity index (χ0) is 38.2. The number of H-pyrrole nitrogens is 2. The Hall–Kier alpha value is -5.12. The second-order valence-corrected chi connectivity index (χ2v) is 17.8. The Morgan fingerprint density at radius 1 is 0.673 bits per heavy atom. The number of ether oxygens (including phenoxy) is 1. The Morgan fingerprint density at radius 3 is 1.67 bits per heavy atom. The van der Waals surface area contributed by atoms with Crippen molar-refractivity contribution >= 4 is 23.0 Å². The van der Waals surface area contributed by atoms with E-state index < -0.39 is 23.8 Å². The first-order chi connectivity index (χ1) is 24.1. The van der Waals surface area contributed by atoms with Gasteiger partial charge in [-0.2, -0.15) is 0 Å². The first-order valence-corrected chi connectivity index (χ1v) is 17.8. The SMILES string of the molecule is CC(C)(C)CC(C)(C)[C@H](NC(=O)O)c1ncc(-c2ccc(-c3ccc4cc(-c5cnc([C@@H](NC(=O)OC(C)(C)C)C(C)(C)C)[nH]5)ccc4c3)cc2)[nH]1. The molecule has 2 atom stereocenters. The summed E-state index contributed by atoms with van der Waals surface area (Å²) in [7, 11) is 0. The van der Waals surface area contributed by atoms with Crippen molar-refractivity contribution in [1.29, 1.82) is 0 Å². The maximum Gasteiger partial charge on any atom is 0.408 e. The van der Waals surface area contributed by atoms with Crippen LogP contribution in [0, 0.1) is 16.2 Å². The molecule has 276 valence electrons. The predicted molar refractivity (Wildman–Crippen MR) is 208 cm³/mol. The zero-order valence-electron chi connectivity index (χ0n) is 32.4. The van der Waals surface area contributed by atoms with Crippen LogP contribution in [0.2, 0.25) is 0 Å². The van der Waals surface area contributed by atoms with Crippen LogP contribution in [0.25, 0.3) is 44.4 Å². The molecule has 0 aliphatic heterocycles. The van der Waals surface area contributed by atoms with Crippen LogP contribution < -0.4 is 10.6 Å². The number of amides is 2. The Kier molecular flexibility index (Phi) is 10.4. The van der Waals surface area contributed by atoms with Gasteiger partial charge in [0.15, 0.2) is 0 Å². The molecule has 2 aromatic heterocycles. The molecule has 2 heterocycles. The lowest BCUT2D eigenvalue weighted by molar-refractivity contribution is 0.0458. The number of aromatic amines is 2. The summed E-state index contributed by atoms with van der Waals surface area (Å²) in [6, 6.07) is 20.2. The fraction of sp³-hybridized carbons (Fsp3) is 0.429. The Labute approximate surface area is 307 Å². The number of benzene rings is 3. The molecule has 5 rings (SSSR count). The van der Waals surface area contributed by atoms with Gasteiger partial charge in [0.2, 0.25) is 0 Å². The second kappa shape index (κ2) is 14.1. The topological polar surface area (TPSA) is 145 Å². The lowest BCUT2D eigenvalue weighted by Crippen LogP contribution is -2.40. The van der Waals surface area contributed by atoms with Crippen molar-refractivity contribution in [3.63, 3.8) is 0 Å². The highest BCUT2D eigenvalue weighted by Crippen LogP contribution is 2.42. The number of carboxylic acid groups (broad SMARTS) is 1. The van der Waals surface area contributed by atoms with Gasteiger partial charge in [0.05, 0.1) is 35.9 Å². The monoisotopic (exact) mass is 706 g/mol. The molecule has 52 heavy (non-hydrogen) atoms. The smallest absolute Gasteiger partial charge is 0.408 e. The van der Waals surface area contributed by atoms with Gasteiger partial charge in [-0.25, -0.2) is 19.6 Å². The molecule has 0 fully saturated rings. The van der Waals surface area contributed by atoms with Gasteiger partial charge in [0.25, 0.3) is 0 Å². The molecule has 0 spiro atoms. The number of carbonyl (C=O) groups is 2. The van der Waals surface area contributed by atoms with Gasteiger partial charge in [0.1, 0.15) is 17.2 Å². The van der Waals surface area contributed by atoms with Gasteiger partial charge in [0, 0.05) is 5.56 Å². The quantitative estimate of drug-likeness (QED) is 0.103. The predicted octanol–water partition coefficient (Wildman–Crippen LogP) is 10.7. The maximum atomic E-state index is 12.6. The van der Waals surface area contributed by atoms with E-state index in [1.165, 1.54) is 0 Å². The first kappa shape index (κ1) is 38.1. The Bertz CT molecular complexity index is 2040. The average molecular weight is 707 g/mol. The molecule has 0 bridgehead atoms. The third kappa shape index (κ3) is 9.40. The van der Waals surface area contributed by atoms with Gasteiger partial charge in [-0.3, -0.25) is 0 Å². The van der Waals surface area contributed by atoms with Crippen LogP contribution in [-0.4, -0.2) is 42.8 Å². The molecule has 0 radical (unpaired) electrons. The molecule has 2 amide bonds. The van der Waals surface area contributed by atoms with E-state index in [-0.39, 0.29) is 22.3 Å². The Morgan fingerprint density at radius 2 is 1.15 bits per heavy atom. The largest absolute Gasteiger partial charge is 0.465 e. The van der Waals surface area contributed by atoms with Gasteiger partial charge < -0.3 is 30.4 Å². The third-order valence-corrected chi connectivity index (χ3v) is 8.98. The van der Waals surface area contributed by atoms with Crippen molar-refractivity contribution in [2.75, 3.05) is 0 Å². The molecule has 0 aliphatic rings. The number of imidazole rings is 2. The standard InChI is InChI=1S/C42H54N6O4/c1-39(2,3)24-42(10,11)34(47-37(49)50)36-44-22-31(45-36)26-14-12-25(13-15-26)27-16-17-29-21-30(19-18-28(29)20-27)32-23-43-35(46-32)33(40(4,5)6)48-38(51)52-41(7,8)9/h12-23,33-34,47H,24H2,1-11H3,(H,43,46)(H,44,45)(H,48,51)(H,49,50)/t33-,34-/m1/s1. The minimum atomic E-state index is -1.07. The first-order valence-electron chi connectivity index (χ1n) is 17.8. The number of fused-ring (bicyclic) bond motifs is 1. The average Bonchev–Trinajstić information content (AvgIpc) is 3.70. The lowest BCUT2D eigenvalue weighted by atomic mass is 9.71. The van der Waals surface area contributed by atoms with Crippen LogP contribution >= 0.6 is 0 Å². The maximum absolute atomic E-state index is 12.6. The number of carbonyl (C=O) groups excluding carboxylic acids is 1. The molecule has 5 aromatic rings. The minimum Gasteiger partial charge on any atom is -0.465 e. The molecule has 0 unspecified atom stereocenters. The fourth-order valence-electron chi connectivity index (χ4n) is 7.04. The number of alkyl carbamates (subject to hydrolysis) is 1. The summed E-state index contributed by atoms with van der Waals surface area (Å²) >= 11 is 0. The van der Waals surface area contributed by atoms with E-state index in [1.807, 2.05) is 20.8 Å². The van der Waals surface area contributed by atoms with Crippen molar-refractivity contribution in [3.05, 3.63) is 84.7 Å². The normalized spacial score (nSPS) is 13.8. The molecular weight excluding hydrogens is 652 g/mol. The number of hydrogen-bond donors (Lipinski definition) is 5. The van der Waals surface area contributed by atoms with Crippen LogP contribution in [0.4, 0.5) is 9.59 Å². The molecule has 3 aromatic carbocycles. The van der Waals surface area contributed by atoms with Crippen LogP contribution in [-0.2, 0) is 4.74 Å². The van der Waals surface area contributed by atoms with E-state index in [9.17, 15) is 14.7 Å². The molecule has 5 N–H and O–H groups in total. The van der Waals surface area contributed by atoms with Crippen LogP contribution in [0.15, 0.2) is 73.1 Å². The van der Waals surface area contributed by atoms with E-state index in [1.54, 1.807) is 12.4 Å². The number of hydrogen-bond acceptors (Lipinski definition) is 5. The van der Waals surface area contributed by atoms with Gasteiger partial charge in [-0.1, -0.05) is 104 Å². The zero-order valence-corrected chi connectivity index (χ0v) is 32.4. The molecule has 0 saturated carbocycles. The van der Waals surface area contributed by atoms with Crippen molar-refractivity contribution in [1.82, 2.24) is 30.6 Å². The van der Waals surface area contributed by atoms with Gasteiger partial charge in [-0.15, -0.1) is 0 Å². The summed E-state index contributed by atoms with van der Waals surface area (Å²) in [6.07, 6.45) is 2.83. The number of nitrogens with one attached hydrogen (secondary N) is 4. The van der Waals surface area contributed by atoms with Gasteiger partial charge in [-0.05, 0) is 83.0 Å². The van der Waals surface area contributed by atoms with E-state index in [2.05, 4.69) is 147 Å². The van der Waals surface area contributed by atoms with Crippen LogP contribution in [0.5, 0.6) is 0 Å². The van der Waals surface area contributed by atoms with E-state index in [0.29, 0.717) is 11.6 Å². The minimum absolute atomic E-state index is 0.0154. The lowest BCUT2D eigenvalue weighted by Gasteiger charge is -2.38. The molecule has 0 aliphatic carbocycles. The van der Waals surface area contributed by atoms with Crippen LogP contribution in [0.3, 0.4) is 0 Å². The number of rotatable bonds is 9. The summed E-state index contributed by atoms with van der Waals surface area (Å²) in [5.74, 6) is 1.27. The third-order valence-electron chi connectivity index (χ3n) is 8.98. The van der Waals surface area contributed by atoms with Crippen LogP contribution in [0.1, 0.15) is 106 Å². The van der Waals surface area contributed by atoms with E-state index in [0.717, 1.165) is 50.8 Å². The highest BCUT2D eigenvalue weighted by Gasteiger charge is 2.37. The van der Waals surface area contributed by atoms with Crippen molar-refractivity contribution in [2.45, 2.75) is 100 Å². The highest BCUT2D eigenvalue weighted by molar-refractivity contribution is 5.90. The summed E-state index contributed by atoms with van der Waals surface area (Å²) in [5.41, 5.74) is 4.56. The molecule has 10 nitrogen and oxygen atoms in total. The summed E-state index contributed by atoms with van der Waals surface area (Å²) in [6.45, 7) is 22.3. The van der Waals surface area contributed by atoms with E-state index >= 15 is 0 Å². The Balaban J connectivity index is 1.33. The fourth-order valence-corrected chi connectivity index (χ4v) is 7.04. The highest BCUT2D eigenvalue weighted by atomic mass is 16.6. The van der Waals surface area contributed by atoms with Gasteiger partial charge >= 0.3 is 12.2 Å². The summed E-state index contributed by atoms with van der Waals surface area (Å²) in [4.78, 5) is 40.5. The number of nitrogens with zero attached hydrogens (tertiary/aromatic N) is 2. The van der Waals surface area contributed by atoms with E-state index in [4.69, 9.17) is 4.74 Å². The summed E-state index contributed by atoms with van der Waals surface area (Å²) < 4.78 is 5.52. The molecule has 10 heteroatoms. The molecule has 0 saturated heterocycles. The summed E-state index contributed by atoms with van der Waals surface area (Å²) in [5, 5.41) is 17.5. The van der Waals surface area contributed by atoms with Crippen molar-refractivity contribution in [3.8, 4) is 33.6 Å².